The van der Waals surface area contributed by atoms with Crippen LogP contribution in [-0.4, -0.2) is 47.1 Å². The molecule has 0 radical (unpaired) electrons. The highest BCUT2D eigenvalue weighted by Crippen LogP contribution is 2.17. The fourth-order valence-corrected chi connectivity index (χ4v) is 1.83. The summed E-state index contributed by atoms with van der Waals surface area (Å²) in [7, 11) is 0. The summed E-state index contributed by atoms with van der Waals surface area (Å²) in [5, 5.41) is 9.02. The zero-order valence-corrected chi connectivity index (χ0v) is 8.56. The van der Waals surface area contributed by atoms with Crippen molar-refractivity contribution in [2.75, 3.05) is 13.2 Å². The Hall–Kier alpha value is -1.14. The summed E-state index contributed by atoms with van der Waals surface area (Å²) in [5.74, 6) is -0.888. The number of nitrogens with zero attached hydrogens (tertiary/aromatic N) is 1. The second-order valence-corrected chi connectivity index (χ2v) is 3.79. The maximum Gasteiger partial charge on any atom is 0.240 e. The van der Waals surface area contributed by atoms with Gasteiger partial charge in [0.25, 0.3) is 0 Å². The van der Waals surface area contributed by atoms with Gasteiger partial charge in [-0.3, -0.25) is 9.59 Å². The standard InChI is InChI=1S/C9H17N3O3/c10-7(4-8(11)14)9(15)12-3-1-2-6(12)5-13/h6-7,13H,1-5,10H2,(H2,11,14)/t6-,7?/m0/s1. The monoisotopic (exact) mass is 215 g/mol. The van der Waals surface area contributed by atoms with E-state index in [4.69, 9.17) is 16.6 Å². The molecule has 1 rings (SSSR count). The summed E-state index contributed by atoms with van der Waals surface area (Å²) in [5.41, 5.74) is 10.5. The van der Waals surface area contributed by atoms with Crippen LogP contribution in [0.5, 0.6) is 0 Å². The van der Waals surface area contributed by atoms with Crippen molar-refractivity contribution in [3.05, 3.63) is 0 Å². The number of carbonyl (C=O) groups excluding carboxylic acids is 2. The van der Waals surface area contributed by atoms with E-state index in [9.17, 15) is 9.59 Å². The molecule has 6 nitrogen and oxygen atoms in total. The van der Waals surface area contributed by atoms with E-state index in [1.54, 1.807) is 0 Å². The van der Waals surface area contributed by atoms with E-state index >= 15 is 0 Å². The highest BCUT2D eigenvalue weighted by atomic mass is 16.3. The molecule has 0 saturated carbocycles. The molecule has 86 valence electrons. The van der Waals surface area contributed by atoms with Crippen LogP contribution >= 0.6 is 0 Å². The molecule has 0 aromatic heterocycles. The highest BCUT2D eigenvalue weighted by molar-refractivity contribution is 5.87. The van der Waals surface area contributed by atoms with E-state index < -0.39 is 11.9 Å². The normalized spacial score (nSPS) is 22.8. The van der Waals surface area contributed by atoms with Gasteiger partial charge in [-0.2, -0.15) is 0 Å². The zero-order valence-electron chi connectivity index (χ0n) is 8.56. The van der Waals surface area contributed by atoms with Gasteiger partial charge in [0.2, 0.25) is 11.8 Å². The van der Waals surface area contributed by atoms with Crippen LogP contribution in [0, 0.1) is 0 Å². The molecule has 1 aliphatic rings. The average Bonchev–Trinajstić information content (AvgIpc) is 2.62. The van der Waals surface area contributed by atoms with Gasteiger partial charge < -0.3 is 21.5 Å². The summed E-state index contributed by atoms with van der Waals surface area (Å²) in [6, 6.07) is -1.04. The molecular weight excluding hydrogens is 198 g/mol. The number of nitrogens with two attached hydrogens (primary N) is 2. The van der Waals surface area contributed by atoms with Gasteiger partial charge in [-0.15, -0.1) is 0 Å². The quantitative estimate of drug-likeness (QED) is 0.512. The summed E-state index contributed by atoms with van der Waals surface area (Å²) in [6.45, 7) is 0.533. The largest absolute Gasteiger partial charge is 0.394 e. The van der Waals surface area contributed by atoms with Gasteiger partial charge in [0, 0.05) is 6.54 Å². The molecule has 0 aliphatic carbocycles. The van der Waals surface area contributed by atoms with Gasteiger partial charge in [-0.25, -0.2) is 0 Å². The summed E-state index contributed by atoms with van der Waals surface area (Å²) < 4.78 is 0. The smallest absolute Gasteiger partial charge is 0.240 e. The first-order valence-corrected chi connectivity index (χ1v) is 5.01. The number of hydrogen-bond acceptors (Lipinski definition) is 4. The Morgan fingerprint density at radius 2 is 2.20 bits per heavy atom. The molecule has 6 heteroatoms. The highest BCUT2D eigenvalue weighted by Gasteiger charge is 2.31. The molecule has 1 saturated heterocycles. The van der Waals surface area contributed by atoms with Crippen LogP contribution in [0.25, 0.3) is 0 Å². The lowest BCUT2D eigenvalue weighted by Gasteiger charge is -2.25. The molecule has 0 aromatic carbocycles. The van der Waals surface area contributed by atoms with Crippen LogP contribution in [0.15, 0.2) is 0 Å². The maximum absolute atomic E-state index is 11.7. The number of aliphatic hydroxyl groups is 1. The maximum atomic E-state index is 11.7. The third kappa shape index (κ3) is 2.90. The second kappa shape index (κ2) is 5.09. The van der Waals surface area contributed by atoms with E-state index in [0.717, 1.165) is 12.8 Å². The third-order valence-corrected chi connectivity index (χ3v) is 2.61. The fraction of sp³-hybridized carbons (Fsp3) is 0.778. The summed E-state index contributed by atoms with van der Waals surface area (Å²) in [6.07, 6.45) is 1.50. The lowest BCUT2D eigenvalue weighted by molar-refractivity contribution is -0.136. The minimum atomic E-state index is -0.880. The number of rotatable bonds is 4. The van der Waals surface area contributed by atoms with Crippen LogP contribution in [0.3, 0.4) is 0 Å². The number of primary amides is 1. The Morgan fingerprint density at radius 1 is 1.53 bits per heavy atom. The molecule has 1 aliphatic heterocycles. The third-order valence-electron chi connectivity index (χ3n) is 2.61. The zero-order chi connectivity index (χ0) is 11.4. The van der Waals surface area contributed by atoms with Crippen LogP contribution in [0.2, 0.25) is 0 Å². The molecule has 1 fully saturated rings. The topological polar surface area (TPSA) is 110 Å². The van der Waals surface area contributed by atoms with Crippen LogP contribution in [0.1, 0.15) is 19.3 Å². The molecule has 1 unspecified atom stereocenters. The molecule has 1 heterocycles. The van der Waals surface area contributed by atoms with Crippen molar-refractivity contribution < 1.29 is 14.7 Å². The van der Waals surface area contributed by atoms with E-state index in [1.165, 1.54) is 4.90 Å². The minimum absolute atomic E-state index is 0.0605. The Morgan fingerprint density at radius 3 is 2.73 bits per heavy atom. The number of hydrogen-bond donors (Lipinski definition) is 3. The predicted molar refractivity (Wildman–Crippen MR) is 53.6 cm³/mol. The van der Waals surface area contributed by atoms with Gasteiger partial charge in [0.1, 0.15) is 0 Å². The lowest BCUT2D eigenvalue weighted by Crippen LogP contribution is -2.48. The van der Waals surface area contributed by atoms with E-state index in [1.807, 2.05) is 0 Å². The van der Waals surface area contributed by atoms with Crippen LogP contribution < -0.4 is 11.5 Å². The number of carbonyl (C=O) groups is 2. The van der Waals surface area contributed by atoms with Gasteiger partial charge in [0.15, 0.2) is 0 Å². The lowest BCUT2D eigenvalue weighted by atomic mass is 10.1. The Kier molecular flexibility index (Phi) is 4.05. The molecule has 0 spiro atoms. The summed E-state index contributed by atoms with van der Waals surface area (Å²) in [4.78, 5) is 23.9. The first-order chi connectivity index (χ1) is 7.06. The van der Waals surface area contributed by atoms with Crippen molar-refractivity contribution in [1.29, 1.82) is 0 Å². The van der Waals surface area contributed by atoms with Gasteiger partial charge in [0.05, 0.1) is 25.1 Å². The first-order valence-electron chi connectivity index (χ1n) is 5.01. The number of amides is 2. The second-order valence-electron chi connectivity index (χ2n) is 3.79. The SMILES string of the molecule is NC(=O)CC(N)C(=O)N1CCC[C@H]1CO. The minimum Gasteiger partial charge on any atom is -0.394 e. The van der Waals surface area contributed by atoms with Crippen molar-refractivity contribution in [3.63, 3.8) is 0 Å². The molecule has 15 heavy (non-hydrogen) atoms. The van der Waals surface area contributed by atoms with E-state index in [2.05, 4.69) is 0 Å². The molecule has 2 amide bonds. The number of likely N-dealkylation sites (tertiary alicyclic amines) is 1. The van der Waals surface area contributed by atoms with Gasteiger partial charge >= 0.3 is 0 Å². The summed E-state index contributed by atoms with van der Waals surface area (Å²) >= 11 is 0. The van der Waals surface area contributed by atoms with E-state index in [0.29, 0.717) is 6.54 Å². The molecular formula is C9H17N3O3. The molecule has 2 atom stereocenters. The predicted octanol–water partition coefficient (Wildman–Crippen LogP) is -1.83. The van der Waals surface area contributed by atoms with Crippen molar-refractivity contribution in [1.82, 2.24) is 4.90 Å². The van der Waals surface area contributed by atoms with Crippen molar-refractivity contribution in [2.24, 2.45) is 11.5 Å². The molecule has 0 bridgehead atoms. The Labute approximate surface area is 88.2 Å². The molecule has 5 N–H and O–H groups in total. The first kappa shape index (κ1) is 11.9. The van der Waals surface area contributed by atoms with Gasteiger partial charge in [-0.1, -0.05) is 0 Å². The number of aliphatic hydroxyl groups excluding tert-OH is 1. The van der Waals surface area contributed by atoms with Crippen LogP contribution in [0.4, 0.5) is 0 Å². The molecule has 0 aromatic rings. The Balaban J connectivity index is 2.55. The van der Waals surface area contributed by atoms with Crippen molar-refractivity contribution in [2.45, 2.75) is 31.3 Å². The van der Waals surface area contributed by atoms with Crippen LogP contribution in [-0.2, 0) is 9.59 Å². The van der Waals surface area contributed by atoms with Crippen molar-refractivity contribution >= 4 is 11.8 Å². The van der Waals surface area contributed by atoms with Gasteiger partial charge in [-0.05, 0) is 12.8 Å². The van der Waals surface area contributed by atoms with Crippen molar-refractivity contribution in [3.8, 4) is 0 Å². The average molecular weight is 215 g/mol. The fourth-order valence-electron chi connectivity index (χ4n) is 1.83. The Bertz CT molecular complexity index is 257. The van der Waals surface area contributed by atoms with E-state index in [-0.39, 0.29) is 25.0 Å².